The Labute approximate surface area is 87.3 Å². The lowest BCUT2D eigenvalue weighted by Crippen LogP contribution is -2.06. The molecule has 82 valence electrons. The van der Waals surface area contributed by atoms with Crippen LogP contribution in [0.4, 0.5) is 0 Å². The highest BCUT2D eigenvalue weighted by Crippen LogP contribution is 2.14. The van der Waals surface area contributed by atoms with Crippen LogP contribution in [-0.2, 0) is 9.53 Å². The van der Waals surface area contributed by atoms with Gasteiger partial charge in [0.1, 0.15) is 0 Å². The fourth-order valence-electron chi connectivity index (χ4n) is 1.18. The van der Waals surface area contributed by atoms with Crippen molar-refractivity contribution in [1.29, 1.82) is 0 Å². The van der Waals surface area contributed by atoms with E-state index in [1.165, 1.54) is 18.9 Å². The first-order chi connectivity index (χ1) is 6.56. The number of rotatable bonds is 7. The number of hydrogen-bond acceptors (Lipinski definition) is 2. The summed E-state index contributed by atoms with van der Waals surface area (Å²) in [5.74, 6) is 1.07. The van der Waals surface area contributed by atoms with Crippen LogP contribution in [0.5, 0.6) is 0 Å². The van der Waals surface area contributed by atoms with Crippen LogP contribution in [0.1, 0.15) is 40.0 Å². The molecule has 0 saturated carbocycles. The van der Waals surface area contributed by atoms with Gasteiger partial charge in [-0.05, 0) is 18.3 Å². The van der Waals surface area contributed by atoms with Crippen LogP contribution in [0.15, 0.2) is 12.7 Å². The van der Waals surface area contributed by atoms with Crippen LogP contribution in [-0.4, -0.2) is 12.6 Å². The molecular weight excluding hydrogens is 176 g/mol. The Kier molecular flexibility index (Phi) is 7.17. The number of hydrogen-bond donors (Lipinski definition) is 0. The summed E-state index contributed by atoms with van der Waals surface area (Å²) >= 11 is 0. The minimum atomic E-state index is -0.318. The molecule has 0 aromatic carbocycles. The molecule has 0 aliphatic rings. The molecule has 0 amide bonds. The van der Waals surface area contributed by atoms with Gasteiger partial charge in [0.25, 0.3) is 0 Å². The molecule has 0 saturated heterocycles. The fourth-order valence-corrected chi connectivity index (χ4v) is 1.18. The molecule has 14 heavy (non-hydrogen) atoms. The van der Waals surface area contributed by atoms with Gasteiger partial charge >= 0.3 is 5.97 Å². The van der Waals surface area contributed by atoms with E-state index in [4.69, 9.17) is 4.74 Å². The summed E-state index contributed by atoms with van der Waals surface area (Å²) in [5.41, 5.74) is 0. The number of carbonyl (C=O) groups excluding carboxylic acids is 1. The molecular formula is C12H22O2. The zero-order valence-corrected chi connectivity index (χ0v) is 9.58. The summed E-state index contributed by atoms with van der Waals surface area (Å²) in [5, 5.41) is 0. The van der Waals surface area contributed by atoms with Crippen molar-refractivity contribution in [2.75, 3.05) is 6.61 Å². The van der Waals surface area contributed by atoms with Gasteiger partial charge in [-0.2, -0.15) is 0 Å². The lowest BCUT2D eigenvalue weighted by Gasteiger charge is -2.12. The van der Waals surface area contributed by atoms with Gasteiger partial charge in [-0.1, -0.05) is 40.2 Å². The van der Waals surface area contributed by atoms with Crippen molar-refractivity contribution in [3.05, 3.63) is 12.7 Å². The average Bonchev–Trinajstić information content (AvgIpc) is 2.14. The monoisotopic (exact) mass is 198 g/mol. The van der Waals surface area contributed by atoms with Crippen LogP contribution in [0.2, 0.25) is 0 Å². The molecule has 0 aliphatic carbocycles. The second-order valence-electron chi connectivity index (χ2n) is 4.24. The van der Waals surface area contributed by atoms with E-state index in [2.05, 4.69) is 27.4 Å². The standard InChI is InChI=1S/C12H22O2/c1-5-12(13)14-9-8-11(4)7-6-10(2)3/h5,10-11H,1,6-9H2,2-4H3/t11-/m0/s1. The maximum absolute atomic E-state index is 10.7. The molecule has 0 aromatic rings. The van der Waals surface area contributed by atoms with Crippen LogP contribution in [0, 0.1) is 11.8 Å². The molecule has 2 heteroatoms. The molecule has 0 aromatic heterocycles. The van der Waals surface area contributed by atoms with Crippen LogP contribution in [0.25, 0.3) is 0 Å². The van der Waals surface area contributed by atoms with Crippen molar-refractivity contribution in [3.63, 3.8) is 0 Å². The summed E-state index contributed by atoms with van der Waals surface area (Å²) in [7, 11) is 0. The molecule has 0 spiro atoms. The highest BCUT2D eigenvalue weighted by molar-refractivity contribution is 5.81. The van der Waals surface area contributed by atoms with Crippen LogP contribution < -0.4 is 0 Å². The third-order valence-corrected chi connectivity index (χ3v) is 2.26. The zero-order chi connectivity index (χ0) is 11.0. The largest absolute Gasteiger partial charge is 0.463 e. The Morgan fingerprint density at radius 2 is 1.93 bits per heavy atom. The predicted molar refractivity (Wildman–Crippen MR) is 59.0 cm³/mol. The van der Waals surface area contributed by atoms with E-state index in [1.807, 2.05) is 0 Å². The first-order valence-corrected chi connectivity index (χ1v) is 5.35. The van der Waals surface area contributed by atoms with Crippen molar-refractivity contribution >= 4 is 5.97 Å². The molecule has 0 bridgehead atoms. The predicted octanol–water partition coefficient (Wildman–Crippen LogP) is 3.18. The molecule has 1 atom stereocenters. The molecule has 0 aliphatic heterocycles. The summed E-state index contributed by atoms with van der Waals surface area (Å²) in [6.45, 7) is 10.5. The topological polar surface area (TPSA) is 26.3 Å². The minimum absolute atomic E-state index is 0.318. The maximum Gasteiger partial charge on any atom is 0.330 e. The van der Waals surface area contributed by atoms with Crippen LogP contribution in [0.3, 0.4) is 0 Å². The smallest absolute Gasteiger partial charge is 0.330 e. The first-order valence-electron chi connectivity index (χ1n) is 5.35. The Bertz CT molecular complexity index is 173. The van der Waals surface area contributed by atoms with E-state index in [-0.39, 0.29) is 5.97 Å². The van der Waals surface area contributed by atoms with Gasteiger partial charge in [0.15, 0.2) is 0 Å². The molecule has 2 nitrogen and oxygen atoms in total. The highest BCUT2D eigenvalue weighted by atomic mass is 16.5. The quantitative estimate of drug-likeness (QED) is 0.464. The normalized spacial score (nSPS) is 12.6. The lowest BCUT2D eigenvalue weighted by molar-refractivity contribution is -0.138. The van der Waals surface area contributed by atoms with E-state index in [0.717, 1.165) is 12.3 Å². The van der Waals surface area contributed by atoms with Gasteiger partial charge in [-0.3, -0.25) is 0 Å². The average molecular weight is 198 g/mol. The molecule has 0 heterocycles. The Morgan fingerprint density at radius 3 is 2.43 bits per heavy atom. The third kappa shape index (κ3) is 7.84. The molecule has 0 unspecified atom stereocenters. The van der Waals surface area contributed by atoms with Crippen molar-refractivity contribution in [2.24, 2.45) is 11.8 Å². The van der Waals surface area contributed by atoms with Gasteiger partial charge < -0.3 is 4.74 Å². The summed E-state index contributed by atoms with van der Waals surface area (Å²) in [6, 6.07) is 0. The van der Waals surface area contributed by atoms with Gasteiger partial charge in [-0.15, -0.1) is 0 Å². The van der Waals surface area contributed by atoms with Gasteiger partial charge in [0.05, 0.1) is 6.61 Å². The van der Waals surface area contributed by atoms with Gasteiger partial charge in [0, 0.05) is 6.08 Å². The van der Waals surface area contributed by atoms with Crippen molar-refractivity contribution in [2.45, 2.75) is 40.0 Å². The maximum atomic E-state index is 10.7. The second-order valence-corrected chi connectivity index (χ2v) is 4.24. The Morgan fingerprint density at radius 1 is 1.29 bits per heavy atom. The molecule has 0 fully saturated rings. The molecule has 0 rings (SSSR count). The summed E-state index contributed by atoms with van der Waals surface area (Å²) in [4.78, 5) is 10.7. The number of esters is 1. The number of carbonyl (C=O) groups is 1. The zero-order valence-electron chi connectivity index (χ0n) is 9.58. The minimum Gasteiger partial charge on any atom is -0.463 e. The van der Waals surface area contributed by atoms with Crippen molar-refractivity contribution < 1.29 is 9.53 Å². The first kappa shape index (κ1) is 13.2. The highest BCUT2D eigenvalue weighted by Gasteiger charge is 2.04. The molecule has 0 N–H and O–H groups in total. The Balaban J connectivity index is 3.39. The van der Waals surface area contributed by atoms with E-state index >= 15 is 0 Å². The van der Waals surface area contributed by atoms with E-state index in [1.54, 1.807) is 0 Å². The molecule has 0 radical (unpaired) electrons. The van der Waals surface area contributed by atoms with Gasteiger partial charge in [0.2, 0.25) is 0 Å². The lowest BCUT2D eigenvalue weighted by atomic mass is 9.97. The van der Waals surface area contributed by atoms with Gasteiger partial charge in [-0.25, -0.2) is 4.79 Å². The van der Waals surface area contributed by atoms with E-state index in [9.17, 15) is 4.79 Å². The fraction of sp³-hybridized carbons (Fsp3) is 0.750. The summed E-state index contributed by atoms with van der Waals surface area (Å²) in [6.07, 6.45) is 4.62. The third-order valence-electron chi connectivity index (χ3n) is 2.26. The summed E-state index contributed by atoms with van der Waals surface area (Å²) < 4.78 is 4.91. The SMILES string of the molecule is C=CC(=O)OCC[C@@H](C)CCC(C)C. The van der Waals surface area contributed by atoms with Crippen LogP contribution >= 0.6 is 0 Å². The number of ether oxygens (including phenoxy) is 1. The van der Waals surface area contributed by atoms with Crippen molar-refractivity contribution in [1.82, 2.24) is 0 Å². The van der Waals surface area contributed by atoms with Crippen molar-refractivity contribution in [3.8, 4) is 0 Å². The second kappa shape index (κ2) is 7.60. The Hall–Kier alpha value is -0.790. The van der Waals surface area contributed by atoms with E-state index in [0.29, 0.717) is 12.5 Å². The van der Waals surface area contributed by atoms with E-state index < -0.39 is 0 Å².